The van der Waals surface area contributed by atoms with E-state index in [2.05, 4.69) is 14.8 Å². The quantitative estimate of drug-likeness (QED) is 0.531. The van der Waals surface area contributed by atoms with Crippen LogP contribution in [-0.2, 0) is 4.57 Å². The summed E-state index contributed by atoms with van der Waals surface area (Å²) >= 11 is 0. The maximum Gasteiger partial charge on any atom is 0.203 e. The molecule has 0 saturated heterocycles. The van der Waals surface area contributed by atoms with Crippen LogP contribution in [0.1, 0.15) is 0 Å². The Kier molecular flexibility index (Phi) is 5.55. The Balaban J connectivity index is 2.02. The van der Waals surface area contributed by atoms with Crippen molar-refractivity contribution in [3.8, 4) is 39.9 Å². The Morgan fingerprint density at radius 2 is 1.57 bits per heavy atom. The molecular weight excluding hydrogens is 389 g/mol. The summed E-state index contributed by atoms with van der Waals surface area (Å²) in [5.41, 5.74) is 1.87. The zero-order chi connectivity index (χ0) is 20.3. The summed E-state index contributed by atoms with van der Waals surface area (Å²) in [7, 11) is -0.595. The lowest BCUT2D eigenvalue weighted by Gasteiger charge is -2.28. The average Bonchev–Trinajstić information content (AvgIpc) is 3.15. The molecule has 0 fully saturated rings. The number of nitrogens with zero attached hydrogens (tertiary/aromatic N) is 3. The predicted octanol–water partition coefficient (Wildman–Crippen LogP) is 1.17. The highest BCUT2D eigenvalue weighted by Gasteiger charge is 2.17. The lowest BCUT2D eigenvalue weighted by Crippen LogP contribution is -2.18. The van der Waals surface area contributed by atoms with Crippen LogP contribution in [0.15, 0.2) is 42.6 Å². The second-order valence-electron chi connectivity index (χ2n) is 5.48. The molecule has 0 spiro atoms. The van der Waals surface area contributed by atoms with Crippen LogP contribution in [0.3, 0.4) is 0 Å². The van der Waals surface area contributed by atoms with Gasteiger partial charge in [-0.25, -0.2) is 4.68 Å². The van der Waals surface area contributed by atoms with Gasteiger partial charge in [-0.15, -0.1) is 5.10 Å². The molecule has 0 N–H and O–H groups in total. The Labute approximate surface area is 160 Å². The summed E-state index contributed by atoms with van der Waals surface area (Å²) in [5, 5.41) is 8.02. The monoisotopic (exact) mass is 405 g/mol. The Morgan fingerprint density at radius 1 is 0.964 bits per heavy atom. The zero-order valence-electron chi connectivity index (χ0n) is 15.2. The number of benzene rings is 2. The molecule has 0 radical (unpaired) electrons. The summed E-state index contributed by atoms with van der Waals surface area (Å²) in [6.45, 7) is 0. The summed E-state index contributed by atoms with van der Waals surface area (Å²) in [6.07, 6.45) is 1.53. The molecule has 0 atom stereocenters. The highest BCUT2D eigenvalue weighted by Crippen LogP contribution is 2.40. The van der Waals surface area contributed by atoms with E-state index in [1.54, 1.807) is 28.9 Å². The van der Waals surface area contributed by atoms with Gasteiger partial charge in [0.1, 0.15) is 13.6 Å². The van der Waals surface area contributed by atoms with E-state index in [0.29, 0.717) is 34.2 Å². The van der Waals surface area contributed by atoms with Crippen molar-refractivity contribution < 1.29 is 33.1 Å². The molecule has 0 unspecified atom stereocenters. The zero-order valence-corrected chi connectivity index (χ0v) is 16.1. The first-order valence-electron chi connectivity index (χ1n) is 7.89. The lowest BCUT2D eigenvalue weighted by molar-refractivity contribution is -0.333. The molecule has 3 aromatic rings. The molecule has 10 nitrogen and oxygen atoms in total. The van der Waals surface area contributed by atoms with E-state index in [1.165, 1.54) is 39.7 Å². The summed E-state index contributed by atoms with van der Waals surface area (Å²) in [6, 6.07) is 9.31. The molecular formula is C17H16N3O7P-2. The van der Waals surface area contributed by atoms with Gasteiger partial charge in [0.15, 0.2) is 11.5 Å². The normalized spacial score (nSPS) is 11.2. The Hall–Kier alpha value is -3.07. The van der Waals surface area contributed by atoms with Gasteiger partial charge in [-0.05, 0) is 24.3 Å². The van der Waals surface area contributed by atoms with Crippen LogP contribution < -0.4 is 28.5 Å². The van der Waals surface area contributed by atoms with Gasteiger partial charge in [0.25, 0.3) is 0 Å². The van der Waals surface area contributed by atoms with Crippen molar-refractivity contribution in [2.75, 3.05) is 21.3 Å². The third-order valence-corrected chi connectivity index (χ3v) is 4.25. The van der Waals surface area contributed by atoms with Crippen LogP contribution in [0.5, 0.6) is 23.0 Å². The fraction of sp³-hybridized carbons (Fsp3) is 0.176. The second-order valence-corrected chi connectivity index (χ2v) is 6.55. The lowest BCUT2D eigenvalue weighted by atomic mass is 10.1. The maximum absolute atomic E-state index is 10.7. The van der Waals surface area contributed by atoms with Crippen LogP contribution in [0.4, 0.5) is 0 Å². The van der Waals surface area contributed by atoms with Crippen molar-refractivity contribution in [2.45, 2.75) is 0 Å². The molecule has 148 valence electrons. The van der Waals surface area contributed by atoms with Crippen LogP contribution in [0.2, 0.25) is 0 Å². The van der Waals surface area contributed by atoms with Crippen molar-refractivity contribution in [2.24, 2.45) is 0 Å². The maximum atomic E-state index is 10.7. The molecule has 0 aliphatic rings. The van der Waals surface area contributed by atoms with Crippen LogP contribution in [0.25, 0.3) is 16.9 Å². The minimum atomic E-state index is -5.12. The van der Waals surface area contributed by atoms with Gasteiger partial charge >= 0.3 is 0 Å². The Morgan fingerprint density at radius 3 is 2.07 bits per heavy atom. The molecule has 1 heterocycles. The van der Waals surface area contributed by atoms with E-state index >= 15 is 0 Å². The molecule has 0 saturated carbocycles. The Bertz CT molecular complexity index is 989. The van der Waals surface area contributed by atoms with Gasteiger partial charge in [0.2, 0.25) is 5.75 Å². The van der Waals surface area contributed by atoms with Gasteiger partial charge in [-0.2, -0.15) is 0 Å². The molecule has 1 aromatic heterocycles. The van der Waals surface area contributed by atoms with Crippen molar-refractivity contribution in [3.05, 3.63) is 42.6 Å². The van der Waals surface area contributed by atoms with Crippen molar-refractivity contribution in [1.29, 1.82) is 0 Å². The first kappa shape index (κ1) is 19.7. The van der Waals surface area contributed by atoms with E-state index < -0.39 is 7.82 Å². The molecule has 2 aromatic carbocycles. The summed E-state index contributed by atoms with van der Waals surface area (Å²) < 4.78 is 32.6. The predicted molar refractivity (Wildman–Crippen MR) is 94.7 cm³/mol. The summed E-state index contributed by atoms with van der Waals surface area (Å²) in [5.74, 6) is 1.26. The van der Waals surface area contributed by atoms with Crippen molar-refractivity contribution >= 4 is 7.82 Å². The summed E-state index contributed by atoms with van der Waals surface area (Å²) in [4.78, 5) is 21.4. The largest absolute Gasteiger partial charge is 0.780 e. The molecule has 11 heteroatoms. The minimum absolute atomic E-state index is 0.0797. The molecule has 0 bridgehead atoms. The van der Waals surface area contributed by atoms with Gasteiger partial charge in [0, 0.05) is 17.7 Å². The molecule has 0 aliphatic carbocycles. The highest BCUT2D eigenvalue weighted by atomic mass is 31.2. The molecule has 28 heavy (non-hydrogen) atoms. The van der Waals surface area contributed by atoms with Crippen molar-refractivity contribution in [3.63, 3.8) is 0 Å². The number of hydrogen-bond acceptors (Lipinski definition) is 9. The van der Waals surface area contributed by atoms with E-state index in [-0.39, 0.29) is 5.75 Å². The van der Waals surface area contributed by atoms with E-state index in [9.17, 15) is 14.4 Å². The SMILES string of the molecule is COc1cc(-n2nncc2-c2ccc(OP(=O)([O-])[O-])cc2)cc(OC)c1OC. The minimum Gasteiger partial charge on any atom is -0.780 e. The smallest absolute Gasteiger partial charge is 0.203 e. The number of methoxy groups -OCH3 is 3. The first-order chi connectivity index (χ1) is 13.4. The molecule has 0 amide bonds. The number of phosphoric ester groups is 1. The first-order valence-corrected chi connectivity index (χ1v) is 9.35. The van der Waals surface area contributed by atoms with E-state index in [4.69, 9.17) is 14.2 Å². The van der Waals surface area contributed by atoms with Crippen molar-refractivity contribution in [1.82, 2.24) is 15.0 Å². The molecule has 0 aliphatic heterocycles. The van der Waals surface area contributed by atoms with Gasteiger partial charge < -0.3 is 33.1 Å². The van der Waals surface area contributed by atoms with E-state index in [1.807, 2.05) is 0 Å². The fourth-order valence-electron chi connectivity index (χ4n) is 2.63. The van der Waals surface area contributed by atoms with Gasteiger partial charge in [-0.3, -0.25) is 0 Å². The number of rotatable bonds is 7. The van der Waals surface area contributed by atoms with Crippen LogP contribution in [-0.4, -0.2) is 36.3 Å². The standard InChI is InChI=1S/C17H18N3O7P/c1-24-15-8-12(9-16(25-2)17(15)26-3)20-14(10-18-19-20)11-4-6-13(7-5-11)27-28(21,22)23/h4-10H,1-3H3,(H2,21,22,23)/p-2. The highest BCUT2D eigenvalue weighted by molar-refractivity contribution is 7.43. The third kappa shape index (κ3) is 4.09. The number of ether oxygens (including phenoxy) is 3. The number of aromatic nitrogens is 3. The van der Waals surface area contributed by atoms with Gasteiger partial charge in [0.05, 0.1) is 38.9 Å². The third-order valence-electron chi connectivity index (χ3n) is 3.81. The van der Waals surface area contributed by atoms with Crippen LogP contribution in [0, 0.1) is 0 Å². The average molecular weight is 405 g/mol. The topological polar surface area (TPSA) is 131 Å². The number of phosphoric acid groups is 1. The fourth-order valence-corrected chi connectivity index (χ4v) is 3.01. The second kappa shape index (κ2) is 7.89. The van der Waals surface area contributed by atoms with Gasteiger partial charge in [-0.1, -0.05) is 5.21 Å². The van der Waals surface area contributed by atoms with Crippen LogP contribution >= 0.6 is 7.82 Å². The molecule has 3 rings (SSSR count). The number of hydrogen-bond donors (Lipinski definition) is 0. The van der Waals surface area contributed by atoms with E-state index in [0.717, 1.165) is 0 Å².